The molecule has 2 aromatic rings. The normalized spacial score (nSPS) is 23.0. The maximum atomic E-state index is 13.4. The van der Waals surface area contributed by atoms with Crippen LogP contribution in [0.5, 0.6) is 0 Å². The zero-order valence-corrected chi connectivity index (χ0v) is 18.1. The minimum atomic E-state index is -0.472. The molecular weight excluding hydrogens is 407 g/mol. The van der Waals surface area contributed by atoms with Gasteiger partial charge in [-0.05, 0) is 50.6 Å². The number of thiophene rings is 1. The summed E-state index contributed by atoms with van der Waals surface area (Å²) in [6.07, 6.45) is 0.762. The van der Waals surface area contributed by atoms with E-state index in [2.05, 4.69) is 5.32 Å². The Morgan fingerprint density at radius 3 is 2.73 bits per heavy atom. The van der Waals surface area contributed by atoms with Crippen molar-refractivity contribution >= 4 is 28.2 Å². The van der Waals surface area contributed by atoms with E-state index in [4.69, 9.17) is 9.47 Å². The van der Waals surface area contributed by atoms with Crippen LogP contribution in [0.1, 0.15) is 45.9 Å². The van der Waals surface area contributed by atoms with Crippen molar-refractivity contribution in [2.45, 2.75) is 38.4 Å². The zero-order valence-electron chi connectivity index (χ0n) is 17.3. The number of nitrogens with zero attached hydrogens (tertiary/aromatic N) is 1. The average Bonchev–Trinajstić information content (AvgIpc) is 3.25. The van der Waals surface area contributed by atoms with Gasteiger partial charge in [0.05, 0.1) is 28.6 Å². The fraction of sp³-hybridized carbons (Fsp3) is 0.455. The zero-order chi connectivity index (χ0) is 21.5. The number of carbonyl (C=O) groups is 2. The summed E-state index contributed by atoms with van der Waals surface area (Å²) in [5.74, 6) is -0.962. The van der Waals surface area contributed by atoms with E-state index in [-0.39, 0.29) is 11.5 Å². The molecule has 2 aliphatic rings. The van der Waals surface area contributed by atoms with Gasteiger partial charge in [0.25, 0.3) is 11.8 Å². The Bertz CT molecular complexity index is 981. The molecule has 30 heavy (non-hydrogen) atoms. The van der Waals surface area contributed by atoms with Crippen molar-refractivity contribution in [3.05, 3.63) is 52.2 Å². The number of halogens is 1. The van der Waals surface area contributed by atoms with Gasteiger partial charge < -0.3 is 19.7 Å². The minimum Gasteiger partial charge on any atom is -0.378 e. The lowest BCUT2D eigenvalue weighted by molar-refractivity contribution is -0.186. The highest BCUT2D eigenvalue weighted by atomic mass is 32.1. The van der Waals surface area contributed by atoms with Gasteiger partial charge >= 0.3 is 0 Å². The van der Waals surface area contributed by atoms with Gasteiger partial charge in [-0.15, -0.1) is 11.3 Å². The number of carbonyl (C=O) groups excluding carboxylic acids is 2. The van der Waals surface area contributed by atoms with Crippen LogP contribution in [0.15, 0.2) is 30.3 Å². The quantitative estimate of drug-likeness (QED) is 0.800. The van der Waals surface area contributed by atoms with E-state index >= 15 is 0 Å². The molecule has 0 aliphatic carbocycles. The average molecular weight is 433 g/mol. The van der Waals surface area contributed by atoms with Crippen molar-refractivity contribution in [2.75, 3.05) is 31.6 Å². The highest BCUT2D eigenvalue weighted by Gasteiger charge is 2.48. The first-order chi connectivity index (χ1) is 14.2. The lowest BCUT2D eigenvalue weighted by Gasteiger charge is -2.47. The van der Waals surface area contributed by atoms with Crippen molar-refractivity contribution in [1.29, 1.82) is 0 Å². The van der Waals surface area contributed by atoms with Gasteiger partial charge in [0.1, 0.15) is 11.4 Å². The van der Waals surface area contributed by atoms with Gasteiger partial charge in [-0.2, -0.15) is 0 Å². The molecule has 0 radical (unpaired) electrons. The van der Waals surface area contributed by atoms with E-state index in [0.29, 0.717) is 36.2 Å². The second-order valence-corrected chi connectivity index (χ2v) is 9.65. The van der Waals surface area contributed by atoms with Crippen LogP contribution in [0.3, 0.4) is 0 Å². The van der Waals surface area contributed by atoms with Gasteiger partial charge in [0.2, 0.25) is 0 Å². The van der Waals surface area contributed by atoms with E-state index in [1.807, 2.05) is 25.7 Å². The molecule has 8 heteroatoms. The summed E-state index contributed by atoms with van der Waals surface area (Å²) < 4.78 is 25.2. The summed E-state index contributed by atoms with van der Waals surface area (Å²) >= 11 is 1.23. The van der Waals surface area contributed by atoms with E-state index in [0.717, 1.165) is 12.0 Å². The van der Waals surface area contributed by atoms with E-state index < -0.39 is 22.9 Å². The number of hydrogen-bond donors (Lipinski definition) is 1. The Hall–Kier alpha value is -2.29. The molecule has 3 heterocycles. The van der Waals surface area contributed by atoms with Crippen molar-refractivity contribution in [3.63, 3.8) is 0 Å². The van der Waals surface area contributed by atoms with Crippen molar-refractivity contribution in [2.24, 2.45) is 0 Å². The molecule has 0 bridgehead atoms. The number of ether oxygens (including phenoxy) is 2. The monoisotopic (exact) mass is 432 g/mol. The highest BCUT2D eigenvalue weighted by molar-refractivity contribution is 7.18. The molecule has 1 aromatic carbocycles. The summed E-state index contributed by atoms with van der Waals surface area (Å²) in [5.41, 5.74) is 0.0886. The van der Waals surface area contributed by atoms with Gasteiger partial charge in [-0.1, -0.05) is 6.07 Å². The van der Waals surface area contributed by atoms with Crippen LogP contribution < -0.4 is 5.32 Å². The van der Waals surface area contributed by atoms with Crippen LogP contribution in [0.25, 0.3) is 0 Å². The Labute approximate surface area is 179 Å². The molecule has 1 unspecified atom stereocenters. The maximum Gasteiger partial charge on any atom is 0.264 e. The minimum absolute atomic E-state index is 0.0774. The van der Waals surface area contributed by atoms with E-state index in [1.54, 1.807) is 12.1 Å². The lowest BCUT2D eigenvalue weighted by Crippen LogP contribution is -2.61. The van der Waals surface area contributed by atoms with Gasteiger partial charge in [0.15, 0.2) is 0 Å². The predicted octanol–water partition coefficient (Wildman–Crippen LogP) is 3.86. The van der Waals surface area contributed by atoms with Crippen LogP contribution in [0, 0.1) is 12.7 Å². The number of morpholine rings is 1. The van der Waals surface area contributed by atoms with Gasteiger partial charge in [-0.25, -0.2) is 4.39 Å². The van der Waals surface area contributed by atoms with Crippen LogP contribution in [-0.2, 0) is 9.47 Å². The van der Waals surface area contributed by atoms with Crippen LogP contribution in [0.2, 0.25) is 0 Å². The molecule has 2 saturated heterocycles. The number of rotatable bonds is 3. The van der Waals surface area contributed by atoms with Crippen molar-refractivity contribution in [3.8, 4) is 0 Å². The highest BCUT2D eigenvalue weighted by Crippen LogP contribution is 2.36. The Kier molecular flexibility index (Phi) is 5.42. The number of benzene rings is 1. The van der Waals surface area contributed by atoms with Crippen LogP contribution >= 0.6 is 11.3 Å². The van der Waals surface area contributed by atoms with Crippen molar-refractivity contribution < 1.29 is 23.5 Å². The molecule has 6 nitrogen and oxygen atoms in total. The molecular formula is C22H25FN2O4S. The summed E-state index contributed by atoms with van der Waals surface area (Å²) in [5, 5.41) is 3.32. The number of anilines is 1. The molecule has 1 spiro atoms. The molecule has 2 aliphatic heterocycles. The fourth-order valence-corrected chi connectivity index (χ4v) is 5.20. The van der Waals surface area contributed by atoms with Gasteiger partial charge in [0, 0.05) is 25.1 Å². The van der Waals surface area contributed by atoms with E-state index in [9.17, 15) is 14.0 Å². The topological polar surface area (TPSA) is 67.9 Å². The molecule has 2 amide bonds. The third-order valence-electron chi connectivity index (χ3n) is 5.33. The molecule has 1 aromatic heterocycles. The van der Waals surface area contributed by atoms with Crippen LogP contribution in [-0.4, -0.2) is 54.2 Å². The second kappa shape index (κ2) is 7.76. The number of amides is 2. The summed E-state index contributed by atoms with van der Waals surface area (Å²) in [7, 11) is 0. The van der Waals surface area contributed by atoms with Gasteiger partial charge in [-0.3, -0.25) is 9.59 Å². The first-order valence-electron chi connectivity index (χ1n) is 9.91. The van der Waals surface area contributed by atoms with Crippen molar-refractivity contribution in [1.82, 2.24) is 4.90 Å². The summed E-state index contributed by atoms with van der Waals surface area (Å²) in [4.78, 5) is 28.2. The molecule has 2 fully saturated rings. The molecule has 160 valence electrons. The third-order valence-corrected chi connectivity index (χ3v) is 6.47. The lowest BCUT2D eigenvalue weighted by atomic mass is 9.94. The third kappa shape index (κ3) is 4.26. The molecule has 0 saturated carbocycles. The smallest absolute Gasteiger partial charge is 0.264 e. The Balaban J connectivity index is 1.52. The maximum absolute atomic E-state index is 13.4. The summed E-state index contributed by atoms with van der Waals surface area (Å²) in [6, 6.07) is 7.27. The predicted molar refractivity (Wildman–Crippen MR) is 113 cm³/mol. The molecule has 1 N–H and O–H groups in total. The number of nitrogens with one attached hydrogen (secondary N) is 1. The fourth-order valence-electron chi connectivity index (χ4n) is 4.16. The number of hydrogen-bond acceptors (Lipinski definition) is 5. The van der Waals surface area contributed by atoms with Crippen LogP contribution in [0.4, 0.5) is 9.39 Å². The summed E-state index contributed by atoms with van der Waals surface area (Å²) in [6.45, 7) is 7.90. The van der Waals surface area contributed by atoms with E-state index in [1.165, 1.54) is 29.5 Å². The SMILES string of the molecule is Cc1cc(NC(=O)c2cccc(F)c2)sc1C(=O)N1CC(C)(C)OC2(CCOC2)C1. The largest absolute Gasteiger partial charge is 0.378 e. The Morgan fingerprint density at radius 2 is 2.03 bits per heavy atom. The second-order valence-electron chi connectivity index (χ2n) is 8.60. The Morgan fingerprint density at radius 1 is 1.23 bits per heavy atom. The first kappa shape index (κ1) is 21.0. The number of aryl methyl sites for hydroxylation is 1. The first-order valence-corrected chi connectivity index (χ1v) is 10.7. The molecule has 1 atom stereocenters. The standard InChI is InChI=1S/C22H25FN2O4S/c1-14-9-17(24-19(26)15-5-4-6-16(23)10-15)30-18(14)20(27)25-11-21(2,3)29-22(12-25)7-8-28-13-22/h4-6,9-10H,7-8,11-13H2,1-3H3,(H,24,26). The molecule has 4 rings (SSSR count).